The summed E-state index contributed by atoms with van der Waals surface area (Å²) in [5.74, 6) is 0.189. The Labute approximate surface area is 141 Å². The second-order valence-corrected chi connectivity index (χ2v) is 5.61. The lowest BCUT2D eigenvalue weighted by Gasteiger charge is -2.10. The van der Waals surface area contributed by atoms with Crippen LogP contribution >= 0.6 is 0 Å². The summed E-state index contributed by atoms with van der Waals surface area (Å²) in [6, 6.07) is 6.77. The van der Waals surface area contributed by atoms with E-state index in [9.17, 15) is 9.59 Å². The molecule has 0 saturated heterocycles. The van der Waals surface area contributed by atoms with E-state index in [1.54, 1.807) is 24.3 Å². The van der Waals surface area contributed by atoms with Crippen LogP contribution in [0.1, 0.15) is 27.8 Å². The highest BCUT2D eigenvalue weighted by molar-refractivity contribution is 6.03. The highest BCUT2D eigenvalue weighted by Crippen LogP contribution is 2.12. The van der Waals surface area contributed by atoms with Crippen LogP contribution in [0.25, 0.3) is 0 Å². The third-order valence-corrected chi connectivity index (χ3v) is 3.28. The van der Waals surface area contributed by atoms with Crippen molar-refractivity contribution in [3.63, 3.8) is 0 Å². The molecule has 126 valence electrons. The molecule has 1 amide bonds. The van der Waals surface area contributed by atoms with E-state index in [0.717, 1.165) is 13.1 Å². The van der Waals surface area contributed by atoms with Crippen molar-refractivity contribution in [2.24, 2.45) is 0 Å². The molecule has 0 fully saturated rings. The van der Waals surface area contributed by atoms with Crippen molar-refractivity contribution >= 4 is 23.2 Å². The Balaban J connectivity index is 1.97. The summed E-state index contributed by atoms with van der Waals surface area (Å²) in [6.07, 6.45) is 2.94. The lowest BCUT2D eigenvalue weighted by atomic mass is 10.1. The maximum absolute atomic E-state index is 12.2. The van der Waals surface area contributed by atoms with E-state index in [1.165, 1.54) is 19.3 Å². The van der Waals surface area contributed by atoms with E-state index in [2.05, 4.69) is 25.5 Å². The van der Waals surface area contributed by atoms with Crippen molar-refractivity contribution in [1.29, 1.82) is 0 Å². The normalized spacial score (nSPS) is 10.5. The molecule has 0 aliphatic carbocycles. The van der Waals surface area contributed by atoms with Gasteiger partial charge < -0.3 is 15.5 Å². The van der Waals surface area contributed by atoms with E-state index in [0.29, 0.717) is 17.1 Å². The predicted octanol–water partition coefficient (Wildman–Crippen LogP) is 1.91. The van der Waals surface area contributed by atoms with Gasteiger partial charge in [0.15, 0.2) is 5.78 Å². The number of aromatic nitrogens is 2. The molecule has 0 aliphatic heterocycles. The molecule has 0 atom stereocenters. The van der Waals surface area contributed by atoms with Crippen LogP contribution < -0.4 is 10.6 Å². The summed E-state index contributed by atoms with van der Waals surface area (Å²) in [6.45, 7) is 3.09. The highest BCUT2D eigenvalue weighted by atomic mass is 16.2. The number of nitrogens with one attached hydrogen (secondary N) is 2. The molecule has 0 spiro atoms. The molecule has 24 heavy (non-hydrogen) atoms. The number of rotatable bonds is 7. The zero-order valence-electron chi connectivity index (χ0n) is 14.0. The molecule has 2 aromatic rings. The maximum atomic E-state index is 12.2. The standard InChI is InChI=1S/C17H21N5O2/c1-12(23)13-5-4-6-14(9-13)21-17(24)15-10-20-16(11-19-15)18-7-8-22(2)3/h4-6,9-11H,7-8H2,1-3H3,(H,18,20)(H,21,24). The maximum Gasteiger partial charge on any atom is 0.275 e. The molecule has 0 aliphatic rings. The third kappa shape index (κ3) is 5.13. The first-order chi connectivity index (χ1) is 11.5. The van der Waals surface area contributed by atoms with Crippen LogP contribution in [-0.2, 0) is 0 Å². The Morgan fingerprint density at radius 2 is 1.96 bits per heavy atom. The van der Waals surface area contributed by atoms with Gasteiger partial charge in [-0.1, -0.05) is 12.1 Å². The molecule has 1 heterocycles. The van der Waals surface area contributed by atoms with Crippen LogP contribution in [0, 0.1) is 0 Å². The van der Waals surface area contributed by atoms with Crippen LogP contribution in [0.2, 0.25) is 0 Å². The Morgan fingerprint density at radius 1 is 1.17 bits per heavy atom. The minimum Gasteiger partial charge on any atom is -0.368 e. The number of hydrogen-bond acceptors (Lipinski definition) is 6. The summed E-state index contributed by atoms with van der Waals surface area (Å²) < 4.78 is 0. The van der Waals surface area contributed by atoms with Gasteiger partial charge in [0.25, 0.3) is 5.91 Å². The van der Waals surface area contributed by atoms with Gasteiger partial charge in [-0.25, -0.2) is 9.97 Å². The molecule has 1 aromatic carbocycles. The van der Waals surface area contributed by atoms with E-state index in [-0.39, 0.29) is 17.4 Å². The number of carbonyl (C=O) groups is 2. The molecular formula is C17H21N5O2. The Bertz CT molecular complexity index is 713. The summed E-state index contributed by atoms with van der Waals surface area (Å²) >= 11 is 0. The first-order valence-electron chi connectivity index (χ1n) is 7.58. The predicted molar refractivity (Wildman–Crippen MR) is 93.5 cm³/mol. The van der Waals surface area contributed by atoms with E-state index >= 15 is 0 Å². The van der Waals surface area contributed by atoms with Crippen molar-refractivity contribution in [2.75, 3.05) is 37.8 Å². The summed E-state index contributed by atoms with van der Waals surface area (Å²) in [5.41, 5.74) is 1.29. The molecule has 0 bridgehead atoms. The Kier molecular flexibility index (Phi) is 5.97. The molecule has 7 nitrogen and oxygen atoms in total. The molecule has 0 radical (unpaired) electrons. The number of ketones is 1. The monoisotopic (exact) mass is 327 g/mol. The topological polar surface area (TPSA) is 87.2 Å². The van der Waals surface area contributed by atoms with Crippen molar-refractivity contribution < 1.29 is 9.59 Å². The Morgan fingerprint density at radius 3 is 2.58 bits per heavy atom. The number of likely N-dealkylation sites (N-methyl/N-ethyl adjacent to an activating group) is 1. The van der Waals surface area contributed by atoms with Crippen molar-refractivity contribution in [1.82, 2.24) is 14.9 Å². The van der Waals surface area contributed by atoms with Crippen molar-refractivity contribution in [3.8, 4) is 0 Å². The van der Waals surface area contributed by atoms with E-state index in [1.807, 2.05) is 14.1 Å². The smallest absolute Gasteiger partial charge is 0.275 e. The van der Waals surface area contributed by atoms with Gasteiger partial charge in [0.05, 0.1) is 12.4 Å². The minimum absolute atomic E-state index is 0.0564. The molecule has 0 unspecified atom stereocenters. The number of Topliss-reactive ketones (excluding diaryl/α,β-unsaturated/α-hetero) is 1. The second kappa shape index (κ2) is 8.16. The fourth-order valence-corrected chi connectivity index (χ4v) is 1.96. The average Bonchev–Trinajstić information content (AvgIpc) is 2.55. The minimum atomic E-state index is -0.372. The van der Waals surface area contributed by atoms with Gasteiger partial charge in [-0.15, -0.1) is 0 Å². The molecule has 1 aromatic heterocycles. The lowest BCUT2D eigenvalue weighted by Crippen LogP contribution is -2.21. The molecule has 2 N–H and O–H groups in total. The summed E-state index contributed by atoms with van der Waals surface area (Å²) in [7, 11) is 3.98. The van der Waals surface area contributed by atoms with E-state index in [4.69, 9.17) is 0 Å². The molecule has 7 heteroatoms. The number of nitrogens with zero attached hydrogens (tertiary/aromatic N) is 3. The molecule has 0 saturated carbocycles. The first-order valence-corrected chi connectivity index (χ1v) is 7.58. The zero-order chi connectivity index (χ0) is 17.5. The molecular weight excluding hydrogens is 306 g/mol. The SMILES string of the molecule is CC(=O)c1cccc(NC(=O)c2cnc(NCCN(C)C)cn2)c1. The van der Waals surface area contributed by atoms with Gasteiger partial charge in [0.1, 0.15) is 11.5 Å². The van der Waals surface area contributed by atoms with Gasteiger partial charge in [0, 0.05) is 24.3 Å². The van der Waals surface area contributed by atoms with Crippen LogP contribution in [0.3, 0.4) is 0 Å². The van der Waals surface area contributed by atoms with Gasteiger partial charge in [-0.2, -0.15) is 0 Å². The van der Waals surface area contributed by atoms with Gasteiger partial charge in [-0.05, 0) is 33.2 Å². The highest BCUT2D eigenvalue weighted by Gasteiger charge is 2.09. The number of amides is 1. The third-order valence-electron chi connectivity index (χ3n) is 3.28. The fourth-order valence-electron chi connectivity index (χ4n) is 1.96. The zero-order valence-corrected chi connectivity index (χ0v) is 14.0. The van der Waals surface area contributed by atoms with Crippen molar-refractivity contribution in [3.05, 3.63) is 47.9 Å². The number of hydrogen-bond donors (Lipinski definition) is 2. The fraction of sp³-hybridized carbons (Fsp3) is 0.294. The number of anilines is 2. The largest absolute Gasteiger partial charge is 0.368 e. The average molecular weight is 327 g/mol. The van der Waals surface area contributed by atoms with E-state index < -0.39 is 0 Å². The van der Waals surface area contributed by atoms with Crippen LogP contribution in [0.4, 0.5) is 11.5 Å². The Hall–Kier alpha value is -2.80. The van der Waals surface area contributed by atoms with Crippen LogP contribution in [-0.4, -0.2) is 53.7 Å². The van der Waals surface area contributed by atoms with Crippen LogP contribution in [0.5, 0.6) is 0 Å². The number of benzene rings is 1. The number of carbonyl (C=O) groups excluding carboxylic acids is 2. The lowest BCUT2D eigenvalue weighted by molar-refractivity contribution is 0.100. The second-order valence-electron chi connectivity index (χ2n) is 5.61. The first kappa shape index (κ1) is 17.6. The van der Waals surface area contributed by atoms with Crippen molar-refractivity contribution in [2.45, 2.75) is 6.92 Å². The van der Waals surface area contributed by atoms with Gasteiger partial charge in [-0.3, -0.25) is 9.59 Å². The summed E-state index contributed by atoms with van der Waals surface area (Å²) in [4.78, 5) is 33.9. The van der Waals surface area contributed by atoms with Crippen LogP contribution in [0.15, 0.2) is 36.7 Å². The quantitative estimate of drug-likeness (QED) is 0.755. The van der Waals surface area contributed by atoms with Gasteiger partial charge in [0.2, 0.25) is 0 Å². The molecule has 2 rings (SSSR count). The van der Waals surface area contributed by atoms with Gasteiger partial charge >= 0.3 is 0 Å². The summed E-state index contributed by atoms with van der Waals surface area (Å²) in [5, 5.41) is 5.84.